The summed E-state index contributed by atoms with van der Waals surface area (Å²) in [6.07, 6.45) is 1.04. The highest BCUT2D eigenvalue weighted by Crippen LogP contribution is 2.28. The van der Waals surface area contributed by atoms with Gasteiger partial charge in [-0.3, -0.25) is 0 Å². The minimum absolute atomic E-state index is 0.00273. The van der Waals surface area contributed by atoms with Gasteiger partial charge in [-0.1, -0.05) is 6.07 Å². The Bertz CT molecular complexity index is 530. The summed E-state index contributed by atoms with van der Waals surface area (Å²) < 4.78 is 10.8. The number of hydrogen-bond donors (Lipinski definition) is 1. The summed E-state index contributed by atoms with van der Waals surface area (Å²) in [4.78, 5) is 22.8. The van der Waals surface area contributed by atoms with Crippen LogP contribution in [0.15, 0.2) is 34.4 Å². The Labute approximate surface area is 132 Å². The molecule has 1 aromatic carbocycles. The van der Waals surface area contributed by atoms with Crippen molar-refractivity contribution >= 4 is 56.1 Å². The first kappa shape index (κ1) is 16.0. The highest BCUT2D eigenvalue weighted by molar-refractivity contribution is 14.1. The third-order valence-corrected chi connectivity index (χ3v) is 4.58. The van der Waals surface area contributed by atoms with E-state index in [1.165, 1.54) is 14.2 Å². The summed E-state index contributed by atoms with van der Waals surface area (Å²) in [5.74, 6) is -1.30. The average Bonchev–Trinajstić information content (AvgIpc) is 2.41. The minimum Gasteiger partial charge on any atom is -0.466 e. The molecule has 7 heteroatoms. The molecule has 0 radical (unpaired) electrons. The molecule has 0 amide bonds. The smallest absolute Gasteiger partial charge is 0.354 e. The number of rotatable bonds is 4. The second-order valence-electron chi connectivity index (χ2n) is 3.30. The maximum absolute atomic E-state index is 11.6. The molecule has 1 N–H and O–H groups in total. The molecule has 19 heavy (non-hydrogen) atoms. The summed E-state index contributed by atoms with van der Waals surface area (Å²) in [5, 5.41) is 2.84. The van der Waals surface area contributed by atoms with Crippen LogP contribution in [0.4, 0.5) is 5.69 Å². The molecule has 0 saturated heterocycles. The van der Waals surface area contributed by atoms with Crippen molar-refractivity contribution in [2.45, 2.75) is 0 Å². The lowest BCUT2D eigenvalue weighted by molar-refractivity contribution is -0.138. The Morgan fingerprint density at radius 2 is 2.00 bits per heavy atom. The van der Waals surface area contributed by atoms with Crippen molar-refractivity contribution in [1.82, 2.24) is 0 Å². The molecule has 0 aromatic heterocycles. The molecule has 0 spiro atoms. The Morgan fingerprint density at radius 1 is 1.32 bits per heavy atom. The highest BCUT2D eigenvalue weighted by Gasteiger charge is 2.14. The molecular weight excluding hydrogens is 429 g/mol. The predicted octanol–water partition coefficient (Wildman–Crippen LogP) is 2.70. The zero-order chi connectivity index (χ0) is 14.4. The summed E-state index contributed by atoms with van der Waals surface area (Å²) in [5.41, 5.74) is 0.643. The normalized spacial score (nSPS) is 10.8. The lowest BCUT2D eigenvalue weighted by Gasteiger charge is -2.11. The largest absolute Gasteiger partial charge is 0.466 e. The van der Waals surface area contributed by atoms with E-state index in [-0.39, 0.29) is 5.70 Å². The minimum atomic E-state index is -0.656. The van der Waals surface area contributed by atoms with Gasteiger partial charge in [0.05, 0.1) is 30.5 Å². The van der Waals surface area contributed by atoms with E-state index in [0.717, 1.165) is 14.1 Å². The summed E-state index contributed by atoms with van der Waals surface area (Å²) in [6, 6.07) is 5.49. The van der Waals surface area contributed by atoms with Crippen LogP contribution in [0, 0.1) is 3.57 Å². The van der Waals surface area contributed by atoms with E-state index in [1.807, 2.05) is 12.1 Å². The third kappa shape index (κ3) is 4.50. The van der Waals surface area contributed by atoms with Gasteiger partial charge in [0.15, 0.2) is 0 Å². The topological polar surface area (TPSA) is 64.6 Å². The van der Waals surface area contributed by atoms with Crippen molar-refractivity contribution in [1.29, 1.82) is 0 Å². The van der Waals surface area contributed by atoms with Crippen LogP contribution in [0.3, 0.4) is 0 Å². The average molecular weight is 440 g/mol. The van der Waals surface area contributed by atoms with E-state index in [1.54, 1.807) is 6.07 Å². The molecule has 0 aliphatic carbocycles. The SMILES string of the molecule is COC(=O)/C=C(/Nc1cccc(I)c1Br)C(=O)OC. The zero-order valence-corrected chi connectivity index (χ0v) is 13.9. The molecule has 0 aliphatic rings. The molecule has 0 fully saturated rings. The first-order valence-corrected chi connectivity index (χ1v) is 6.95. The third-order valence-electron chi connectivity index (χ3n) is 2.09. The van der Waals surface area contributed by atoms with E-state index >= 15 is 0 Å². The van der Waals surface area contributed by atoms with Gasteiger partial charge in [-0.05, 0) is 50.7 Å². The van der Waals surface area contributed by atoms with Gasteiger partial charge in [0.2, 0.25) is 0 Å². The van der Waals surface area contributed by atoms with Crippen LogP contribution in [0.1, 0.15) is 0 Å². The van der Waals surface area contributed by atoms with E-state index in [2.05, 4.69) is 53.3 Å². The molecule has 0 saturated carbocycles. The van der Waals surface area contributed by atoms with Crippen molar-refractivity contribution in [2.24, 2.45) is 0 Å². The number of methoxy groups -OCH3 is 2. The molecule has 0 atom stereocenters. The maximum atomic E-state index is 11.6. The predicted molar refractivity (Wildman–Crippen MR) is 82.6 cm³/mol. The monoisotopic (exact) mass is 439 g/mol. The molecule has 0 unspecified atom stereocenters. The fourth-order valence-electron chi connectivity index (χ4n) is 1.18. The first-order valence-electron chi connectivity index (χ1n) is 5.08. The van der Waals surface area contributed by atoms with Crippen LogP contribution in [-0.2, 0) is 19.1 Å². The first-order chi connectivity index (χ1) is 8.99. The summed E-state index contributed by atoms with van der Waals surface area (Å²) in [7, 11) is 2.47. The van der Waals surface area contributed by atoms with Crippen molar-refractivity contribution in [3.05, 3.63) is 38.0 Å². The van der Waals surface area contributed by atoms with E-state index in [4.69, 9.17) is 0 Å². The fraction of sp³-hybridized carbons (Fsp3) is 0.167. The number of hydrogen-bond acceptors (Lipinski definition) is 5. The maximum Gasteiger partial charge on any atom is 0.354 e. The van der Waals surface area contributed by atoms with Gasteiger partial charge in [-0.25, -0.2) is 9.59 Å². The van der Waals surface area contributed by atoms with Crippen LogP contribution in [0.5, 0.6) is 0 Å². The Kier molecular flexibility index (Phi) is 6.29. The van der Waals surface area contributed by atoms with Gasteiger partial charge >= 0.3 is 11.9 Å². The van der Waals surface area contributed by atoms with Crippen molar-refractivity contribution in [3.63, 3.8) is 0 Å². The molecule has 0 aliphatic heterocycles. The number of ether oxygens (including phenoxy) is 2. The fourth-order valence-corrected chi connectivity index (χ4v) is 2.04. The van der Waals surface area contributed by atoms with Crippen molar-refractivity contribution in [2.75, 3.05) is 19.5 Å². The van der Waals surface area contributed by atoms with Crippen LogP contribution >= 0.6 is 38.5 Å². The van der Waals surface area contributed by atoms with E-state index in [0.29, 0.717) is 5.69 Å². The number of benzene rings is 1. The van der Waals surface area contributed by atoms with Gasteiger partial charge < -0.3 is 14.8 Å². The molecule has 1 rings (SSSR count). The molecule has 0 heterocycles. The van der Waals surface area contributed by atoms with Crippen molar-refractivity contribution < 1.29 is 19.1 Å². The summed E-state index contributed by atoms with van der Waals surface area (Å²) in [6.45, 7) is 0. The molecule has 5 nitrogen and oxygen atoms in total. The molecular formula is C12H11BrINO4. The number of halogens is 2. The lowest BCUT2D eigenvalue weighted by Crippen LogP contribution is -2.15. The molecule has 102 valence electrons. The van der Waals surface area contributed by atoms with Gasteiger partial charge in [0.25, 0.3) is 0 Å². The number of nitrogens with one attached hydrogen (secondary N) is 1. The zero-order valence-electron chi connectivity index (χ0n) is 10.2. The Balaban J connectivity index is 3.08. The molecule has 0 bridgehead atoms. The number of esters is 2. The number of carbonyl (C=O) groups is 2. The molecule has 1 aromatic rings. The van der Waals surface area contributed by atoms with E-state index < -0.39 is 11.9 Å². The summed E-state index contributed by atoms with van der Waals surface area (Å²) >= 11 is 5.54. The number of anilines is 1. The van der Waals surface area contributed by atoms with Crippen LogP contribution in [0.2, 0.25) is 0 Å². The van der Waals surface area contributed by atoms with Crippen molar-refractivity contribution in [3.8, 4) is 0 Å². The lowest BCUT2D eigenvalue weighted by atomic mass is 10.3. The quantitative estimate of drug-likeness (QED) is 0.444. The highest BCUT2D eigenvalue weighted by atomic mass is 127. The van der Waals surface area contributed by atoms with Gasteiger partial charge in [-0.15, -0.1) is 0 Å². The van der Waals surface area contributed by atoms with Gasteiger partial charge in [-0.2, -0.15) is 0 Å². The van der Waals surface area contributed by atoms with Crippen LogP contribution in [0.25, 0.3) is 0 Å². The second-order valence-corrected chi connectivity index (χ2v) is 5.25. The Hall–Kier alpha value is -1.09. The van der Waals surface area contributed by atoms with E-state index in [9.17, 15) is 9.59 Å². The van der Waals surface area contributed by atoms with Gasteiger partial charge in [0.1, 0.15) is 5.70 Å². The second kappa shape index (κ2) is 7.49. The van der Waals surface area contributed by atoms with Crippen LogP contribution in [-0.4, -0.2) is 26.2 Å². The standard InChI is InChI=1S/C12H11BrINO4/c1-18-10(16)6-9(12(17)19-2)15-8-5-3-4-7(14)11(8)13/h3-6,15H,1-2H3/b9-6+. The number of carbonyl (C=O) groups excluding carboxylic acids is 2. The Morgan fingerprint density at radius 3 is 2.58 bits per heavy atom. The van der Waals surface area contributed by atoms with Gasteiger partial charge in [0, 0.05) is 3.57 Å². The van der Waals surface area contributed by atoms with Crippen LogP contribution < -0.4 is 5.32 Å².